The van der Waals surface area contributed by atoms with E-state index in [1.807, 2.05) is 84.9 Å². The standard InChI is InChI=1S/C23H22BrNO3/c24-20-13-11-19(12-14-20)22(26)21(15-17-7-3-1-4-8-17)25-23(27)28-16-18-9-5-2-6-10-18/h1-14,21-22,26H,15-16H2,(H,25,27)/t21-,22+/m0/s1. The number of carbonyl (C=O) groups is 1. The molecule has 0 saturated carbocycles. The first-order valence-electron chi connectivity index (χ1n) is 9.06. The van der Waals surface area contributed by atoms with Crippen LogP contribution in [-0.4, -0.2) is 17.2 Å². The van der Waals surface area contributed by atoms with Crippen molar-refractivity contribution >= 4 is 22.0 Å². The Morgan fingerprint density at radius 2 is 1.46 bits per heavy atom. The van der Waals surface area contributed by atoms with Crippen molar-refractivity contribution in [1.82, 2.24) is 5.32 Å². The number of benzene rings is 3. The van der Waals surface area contributed by atoms with E-state index in [1.54, 1.807) is 0 Å². The van der Waals surface area contributed by atoms with E-state index < -0.39 is 18.2 Å². The second kappa shape index (κ2) is 10.1. The van der Waals surface area contributed by atoms with Gasteiger partial charge in [-0.1, -0.05) is 88.7 Å². The highest BCUT2D eigenvalue weighted by Crippen LogP contribution is 2.22. The molecular weight excluding hydrogens is 418 g/mol. The van der Waals surface area contributed by atoms with Crippen LogP contribution in [0, 0.1) is 0 Å². The molecule has 0 bridgehead atoms. The van der Waals surface area contributed by atoms with Crippen LogP contribution in [0.25, 0.3) is 0 Å². The van der Waals surface area contributed by atoms with Crippen LogP contribution < -0.4 is 5.32 Å². The van der Waals surface area contributed by atoms with E-state index in [2.05, 4.69) is 21.2 Å². The first-order chi connectivity index (χ1) is 13.6. The minimum absolute atomic E-state index is 0.180. The molecule has 0 aromatic heterocycles. The van der Waals surface area contributed by atoms with E-state index in [1.165, 1.54) is 0 Å². The molecule has 0 saturated heterocycles. The fraction of sp³-hybridized carbons (Fsp3) is 0.174. The second-order valence-corrected chi connectivity index (χ2v) is 7.41. The molecule has 0 aliphatic heterocycles. The first-order valence-corrected chi connectivity index (χ1v) is 9.86. The Morgan fingerprint density at radius 1 is 0.893 bits per heavy atom. The zero-order valence-electron chi connectivity index (χ0n) is 15.3. The van der Waals surface area contributed by atoms with Crippen molar-refractivity contribution in [3.05, 3.63) is 106 Å². The predicted octanol–water partition coefficient (Wildman–Crippen LogP) is 5.02. The summed E-state index contributed by atoms with van der Waals surface area (Å²) in [5.74, 6) is 0. The Kier molecular flexibility index (Phi) is 7.23. The van der Waals surface area contributed by atoms with Gasteiger partial charge in [-0.05, 0) is 35.2 Å². The molecule has 1 amide bonds. The van der Waals surface area contributed by atoms with Crippen molar-refractivity contribution in [2.24, 2.45) is 0 Å². The molecule has 0 aliphatic rings. The molecule has 144 valence electrons. The van der Waals surface area contributed by atoms with Crippen LogP contribution in [0.3, 0.4) is 0 Å². The average molecular weight is 440 g/mol. The maximum atomic E-state index is 12.4. The lowest BCUT2D eigenvalue weighted by atomic mass is 9.96. The zero-order chi connectivity index (χ0) is 19.8. The normalized spacial score (nSPS) is 12.8. The van der Waals surface area contributed by atoms with Crippen LogP contribution in [0.15, 0.2) is 89.4 Å². The average Bonchev–Trinajstić information content (AvgIpc) is 2.73. The third-order valence-corrected chi connectivity index (χ3v) is 4.94. The summed E-state index contributed by atoms with van der Waals surface area (Å²) in [6, 6.07) is 26.1. The Hall–Kier alpha value is -2.63. The number of aliphatic hydroxyl groups is 1. The van der Waals surface area contributed by atoms with Crippen LogP contribution in [0.4, 0.5) is 4.79 Å². The molecule has 0 fully saturated rings. The summed E-state index contributed by atoms with van der Waals surface area (Å²) >= 11 is 3.40. The summed E-state index contributed by atoms with van der Waals surface area (Å²) in [6.07, 6.45) is -0.933. The maximum absolute atomic E-state index is 12.4. The lowest BCUT2D eigenvalue weighted by molar-refractivity contribution is 0.101. The van der Waals surface area contributed by atoms with E-state index in [-0.39, 0.29) is 6.61 Å². The molecule has 3 rings (SSSR count). The number of rotatable bonds is 7. The van der Waals surface area contributed by atoms with Gasteiger partial charge in [0.1, 0.15) is 6.61 Å². The van der Waals surface area contributed by atoms with Gasteiger partial charge in [0.05, 0.1) is 12.1 Å². The fourth-order valence-corrected chi connectivity index (χ4v) is 3.18. The molecule has 3 aromatic rings. The Bertz CT molecular complexity index is 869. The van der Waals surface area contributed by atoms with Gasteiger partial charge in [0.15, 0.2) is 0 Å². The topological polar surface area (TPSA) is 58.6 Å². The van der Waals surface area contributed by atoms with Gasteiger partial charge >= 0.3 is 6.09 Å². The van der Waals surface area contributed by atoms with Gasteiger partial charge in [0.2, 0.25) is 0 Å². The predicted molar refractivity (Wildman–Crippen MR) is 113 cm³/mol. The number of amides is 1. The van der Waals surface area contributed by atoms with Gasteiger partial charge in [-0.3, -0.25) is 0 Å². The van der Waals surface area contributed by atoms with Gasteiger partial charge in [-0.2, -0.15) is 0 Å². The summed E-state index contributed by atoms with van der Waals surface area (Å²) in [4.78, 5) is 12.4. The van der Waals surface area contributed by atoms with Crippen LogP contribution in [0.1, 0.15) is 22.8 Å². The van der Waals surface area contributed by atoms with Gasteiger partial charge in [-0.15, -0.1) is 0 Å². The van der Waals surface area contributed by atoms with E-state index >= 15 is 0 Å². The Labute approximate surface area is 173 Å². The monoisotopic (exact) mass is 439 g/mol. The van der Waals surface area contributed by atoms with E-state index in [9.17, 15) is 9.90 Å². The molecule has 3 aromatic carbocycles. The largest absolute Gasteiger partial charge is 0.445 e. The SMILES string of the molecule is O=C(N[C@@H](Cc1ccccc1)[C@H](O)c1ccc(Br)cc1)OCc1ccccc1. The Balaban J connectivity index is 1.69. The number of halogens is 1. The smallest absolute Gasteiger partial charge is 0.407 e. The van der Waals surface area contributed by atoms with Gasteiger partial charge < -0.3 is 15.2 Å². The van der Waals surface area contributed by atoms with E-state index in [4.69, 9.17) is 4.74 Å². The summed E-state index contributed by atoms with van der Waals surface area (Å²) < 4.78 is 6.26. The number of hydrogen-bond acceptors (Lipinski definition) is 3. The molecule has 4 nitrogen and oxygen atoms in total. The van der Waals surface area contributed by atoms with Crippen LogP contribution in [-0.2, 0) is 17.8 Å². The molecule has 28 heavy (non-hydrogen) atoms. The van der Waals surface area contributed by atoms with Crippen LogP contribution in [0.2, 0.25) is 0 Å². The van der Waals surface area contributed by atoms with Crippen LogP contribution in [0.5, 0.6) is 0 Å². The minimum Gasteiger partial charge on any atom is -0.445 e. The van der Waals surface area contributed by atoms with Crippen molar-refractivity contribution in [1.29, 1.82) is 0 Å². The number of hydrogen-bond donors (Lipinski definition) is 2. The fourth-order valence-electron chi connectivity index (χ4n) is 2.92. The highest BCUT2D eigenvalue weighted by atomic mass is 79.9. The summed E-state index contributed by atoms with van der Waals surface area (Å²) in [5, 5.41) is 13.7. The minimum atomic E-state index is -0.863. The summed E-state index contributed by atoms with van der Waals surface area (Å²) in [7, 11) is 0. The zero-order valence-corrected chi connectivity index (χ0v) is 16.9. The van der Waals surface area contributed by atoms with Gasteiger partial charge in [0, 0.05) is 4.47 Å². The molecule has 0 aliphatic carbocycles. The number of carbonyl (C=O) groups excluding carboxylic acids is 1. The first kappa shape index (κ1) is 20.1. The van der Waals surface area contributed by atoms with Crippen molar-refractivity contribution in [3.63, 3.8) is 0 Å². The maximum Gasteiger partial charge on any atom is 0.407 e. The van der Waals surface area contributed by atoms with Crippen molar-refractivity contribution in [2.75, 3.05) is 0 Å². The van der Waals surface area contributed by atoms with Gasteiger partial charge in [0.25, 0.3) is 0 Å². The highest BCUT2D eigenvalue weighted by Gasteiger charge is 2.24. The van der Waals surface area contributed by atoms with Crippen LogP contribution >= 0.6 is 15.9 Å². The van der Waals surface area contributed by atoms with Crippen molar-refractivity contribution in [3.8, 4) is 0 Å². The molecule has 5 heteroatoms. The van der Waals surface area contributed by atoms with Gasteiger partial charge in [-0.25, -0.2) is 4.79 Å². The molecule has 0 radical (unpaired) electrons. The third-order valence-electron chi connectivity index (χ3n) is 4.41. The third kappa shape index (κ3) is 5.94. The quantitative estimate of drug-likeness (QED) is 0.543. The highest BCUT2D eigenvalue weighted by molar-refractivity contribution is 9.10. The lowest BCUT2D eigenvalue weighted by Gasteiger charge is -2.24. The molecule has 0 spiro atoms. The summed E-state index contributed by atoms with van der Waals surface area (Å²) in [5.41, 5.74) is 2.66. The number of nitrogens with one attached hydrogen (secondary N) is 1. The molecule has 2 N–H and O–H groups in total. The summed E-state index contributed by atoms with van der Waals surface area (Å²) in [6.45, 7) is 0.180. The number of ether oxygens (including phenoxy) is 1. The molecule has 0 heterocycles. The number of aliphatic hydroxyl groups excluding tert-OH is 1. The second-order valence-electron chi connectivity index (χ2n) is 6.50. The number of alkyl carbamates (subject to hydrolysis) is 1. The van der Waals surface area contributed by atoms with E-state index in [0.717, 1.165) is 21.2 Å². The molecular formula is C23H22BrNO3. The Morgan fingerprint density at radius 3 is 2.07 bits per heavy atom. The van der Waals surface area contributed by atoms with E-state index in [0.29, 0.717) is 6.42 Å². The van der Waals surface area contributed by atoms with Crippen molar-refractivity contribution in [2.45, 2.75) is 25.2 Å². The molecule has 2 atom stereocenters. The van der Waals surface area contributed by atoms with Crippen molar-refractivity contribution < 1.29 is 14.6 Å². The molecule has 0 unspecified atom stereocenters. The lowest BCUT2D eigenvalue weighted by Crippen LogP contribution is -2.41.